The molecule has 0 saturated heterocycles. The quantitative estimate of drug-likeness (QED) is 0.198. The topological polar surface area (TPSA) is 98.6 Å². The van der Waals surface area contributed by atoms with Gasteiger partial charge in [-0.2, -0.15) is 15.5 Å². The van der Waals surface area contributed by atoms with E-state index in [4.69, 9.17) is 33.2 Å². The number of anilines is 1. The second kappa shape index (κ2) is 11.9. The molecule has 0 aliphatic rings. The summed E-state index contributed by atoms with van der Waals surface area (Å²) in [6, 6.07) is 18.7. The summed E-state index contributed by atoms with van der Waals surface area (Å²) in [6.07, 6.45) is 0.483. The Morgan fingerprint density at radius 2 is 1.69 bits per heavy atom. The lowest BCUT2D eigenvalue weighted by molar-refractivity contribution is 0.416. The number of benzene rings is 3. The van der Waals surface area contributed by atoms with E-state index in [1.807, 2.05) is 24.3 Å². The largest absolute Gasteiger partial charge is 0.494 e. The fraction of sp³-hybridized carbons (Fsp3) is 0.200. The molecular weight excluding hydrogens is 517 g/mol. The second-order valence-electron chi connectivity index (χ2n) is 7.49. The van der Waals surface area contributed by atoms with Crippen LogP contribution in [-0.4, -0.2) is 25.2 Å². The van der Waals surface area contributed by atoms with Gasteiger partial charge in [-0.1, -0.05) is 34.5 Å². The van der Waals surface area contributed by atoms with Gasteiger partial charge < -0.3 is 9.64 Å². The normalized spacial score (nSPS) is 11.4. The van der Waals surface area contributed by atoms with Crippen molar-refractivity contribution in [2.24, 2.45) is 20.5 Å². The van der Waals surface area contributed by atoms with Crippen molar-refractivity contribution in [3.05, 3.63) is 64.6 Å². The molecule has 0 amide bonds. The molecule has 8 nitrogen and oxygen atoms in total. The molecule has 0 saturated carbocycles. The highest BCUT2D eigenvalue weighted by Gasteiger charge is 2.09. The predicted molar refractivity (Wildman–Crippen MR) is 146 cm³/mol. The molecule has 182 valence electrons. The van der Waals surface area contributed by atoms with Crippen LogP contribution in [0.4, 0.5) is 27.9 Å². The van der Waals surface area contributed by atoms with Gasteiger partial charge in [-0.3, -0.25) is 0 Å². The van der Waals surface area contributed by atoms with Crippen molar-refractivity contribution in [1.82, 2.24) is 4.98 Å². The van der Waals surface area contributed by atoms with Gasteiger partial charge in [0.1, 0.15) is 11.4 Å². The molecule has 4 aromatic rings. The summed E-state index contributed by atoms with van der Waals surface area (Å²) in [6.45, 7) is 3.58. The zero-order chi connectivity index (χ0) is 25.5. The fourth-order valence-corrected chi connectivity index (χ4v) is 4.56. The van der Waals surface area contributed by atoms with Crippen molar-refractivity contribution in [2.45, 2.75) is 13.3 Å². The van der Waals surface area contributed by atoms with Gasteiger partial charge in [0.15, 0.2) is 0 Å². The Bertz CT molecular complexity index is 1420. The first-order valence-electron chi connectivity index (χ1n) is 11.0. The molecule has 0 aliphatic heterocycles. The number of azo groups is 2. The fourth-order valence-electron chi connectivity index (χ4n) is 3.36. The second-order valence-corrected chi connectivity index (χ2v) is 9.31. The standard InChI is InChI=1S/C25H21Cl2N7OS/c1-3-34(12-4-11-28)18-8-5-16(6-9-18)30-31-17-7-10-21(23(13-17)35-2)32-33-25-29-22-14-19(26)20(27)15-24(22)36-25/h5-10,13-15H,3-4,12H2,1-2H3. The van der Waals surface area contributed by atoms with E-state index in [0.717, 1.165) is 16.9 Å². The number of hydrogen-bond donors (Lipinski definition) is 0. The summed E-state index contributed by atoms with van der Waals surface area (Å²) in [7, 11) is 1.56. The van der Waals surface area contributed by atoms with Crippen molar-refractivity contribution in [3.8, 4) is 11.8 Å². The van der Waals surface area contributed by atoms with Gasteiger partial charge in [-0.25, -0.2) is 4.98 Å². The zero-order valence-corrected chi connectivity index (χ0v) is 21.8. The summed E-state index contributed by atoms with van der Waals surface area (Å²) in [5, 5.41) is 27.4. The van der Waals surface area contributed by atoms with Crippen LogP contribution in [0.2, 0.25) is 10.0 Å². The first-order chi connectivity index (χ1) is 17.5. The van der Waals surface area contributed by atoms with Crippen LogP contribution in [-0.2, 0) is 0 Å². The zero-order valence-electron chi connectivity index (χ0n) is 19.5. The van der Waals surface area contributed by atoms with Crippen LogP contribution in [0.5, 0.6) is 5.75 Å². The Labute approximate surface area is 222 Å². The number of halogens is 2. The summed E-state index contributed by atoms with van der Waals surface area (Å²) in [5.41, 5.74) is 3.62. The summed E-state index contributed by atoms with van der Waals surface area (Å²) in [5.74, 6) is 0.508. The van der Waals surface area contributed by atoms with E-state index in [2.05, 4.69) is 43.3 Å². The van der Waals surface area contributed by atoms with Crippen molar-refractivity contribution in [3.63, 3.8) is 0 Å². The van der Waals surface area contributed by atoms with E-state index in [1.165, 1.54) is 11.3 Å². The Morgan fingerprint density at radius 3 is 2.42 bits per heavy atom. The molecule has 0 atom stereocenters. The highest BCUT2D eigenvalue weighted by atomic mass is 35.5. The van der Waals surface area contributed by atoms with E-state index >= 15 is 0 Å². The van der Waals surface area contributed by atoms with E-state index in [9.17, 15) is 0 Å². The summed E-state index contributed by atoms with van der Waals surface area (Å²) in [4.78, 5) is 6.57. The lowest BCUT2D eigenvalue weighted by atomic mass is 10.2. The molecule has 36 heavy (non-hydrogen) atoms. The third-order valence-corrected chi connectivity index (χ3v) is 6.82. The molecule has 0 spiro atoms. The minimum absolute atomic E-state index is 0.443. The number of ether oxygens (including phenoxy) is 1. The number of aromatic nitrogens is 1. The monoisotopic (exact) mass is 537 g/mol. The van der Waals surface area contributed by atoms with Crippen LogP contribution in [0.25, 0.3) is 10.2 Å². The average molecular weight is 538 g/mol. The van der Waals surface area contributed by atoms with Crippen molar-refractivity contribution >= 4 is 72.6 Å². The molecule has 0 bridgehead atoms. The summed E-state index contributed by atoms with van der Waals surface area (Å²) >= 11 is 13.5. The van der Waals surface area contributed by atoms with Crippen LogP contribution in [0.1, 0.15) is 13.3 Å². The Kier molecular flexibility index (Phi) is 8.44. The van der Waals surface area contributed by atoms with Crippen molar-refractivity contribution in [1.29, 1.82) is 5.26 Å². The molecule has 0 unspecified atom stereocenters. The van der Waals surface area contributed by atoms with E-state index in [1.54, 1.807) is 37.4 Å². The first kappa shape index (κ1) is 25.5. The molecule has 0 N–H and O–H groups in total. The number of thiazole rings is 1. The minimum Gasteiger partial charge on any atom is -0.494 e. The number of hydrogen-bond acceptors (Lipinski definition) is 9. The summed E-state index contributed by atoms with van der Waals surface area (Å²) < 4.78 is 6.34. The van der Waals surface area contributed by atoms with Gasteiger partial charge in [0.05, 0.1) is 51.2 Å². The highest BCUT2D eigenvalue weighted by molar-refractivity contribution is 7.22. The molecule has 11 heteroatoms. The Morgan fingerprint density at radius 1 is 0.972 bits per heavy atom. The van der Waals surface area contributed by atoms with Gasteiger partial charge in [0, 0.05) is 24.8 Å². The van der Waals surface area contributed by atoms with Crippen LogP contribution in [0.15, 0.2) is 75.1 Å². The SMILES string of the molecule is CCN(CCC#N)c1ccc(N=Nc2ccc(N=Nc3nc4cc(Cl)c(Cl)cc4s3)c(OC)c2)cc1. The van der Waals surface area contributed by atoms with Crippen LogP contribution < -0.4 is 9.64 Å². The van der Waals surface area contributed by atoms with Gasteiger partial charge in [-0.05, 0) is 55.5 Å². The number of nitriles is 1. The van der Waals surface area contributed by atoms with Gasteiger partial charge >= 0.3 is 0 Å². The van der Waals surface area contributed by atoms with Crippen LogP contribution >= 0.6 is 34.5 Å². The molecule has 0 aliphatic carbocycles. The Balaban J connectivity index is 1.47. The molecule has 1 heterocycles. The molecule has 3 aromatic carbocycles. The number of fused-ring (bicyclic) bond motifs is 1. The maximum absolute atomic E-state index is 8.83. The predicted octanol–water partition coefficient (Wildman–Crippen LogP) is 9.18. The molecule has 0 fully saturated rings. The van der Waals surface area contributed by atoms with Gasteiger partial charge in [-0.15, -0.1) is 10.2 Å². The Hall–Kier alpha value is -3.58. The lowest BCUT2D eigenvalue weighted by Crippen LogP contribution is -2.23. The smallest absolute Gasteiger partial charge is 0.231 e. The van der Waals surface area contributed by atoms with E-state index in [0.29, 0.717) is 56.5 Å². The lowest BCUT2D eigenvalue weighted by Gasteiger charge is -2.21. The van der Waals surface area contributed by atoms with Gasteiger partial charge in [0.25, 0.3) is 0 Å². The minimum atomic E-state index is 0.443. The molecule has 1 aromatic heterocycles. The molecule has 0 radical (unpaired) electrons. The third-order valence-electron chi connectivity index (χ3n) is 5.20. The van der Waals surface area contributed by atoms with E-state index < -0.39 is 0 Å². The van der Waals surface area contributed by atoms with Gasteiger partial charge in [0.2, 0.25) is 5.13 Å². The van der Waals surface area contributed by atoms with E-state index in [-0.39, 0.29) is 0 Å². The van der Waals surface area contributed by atoms with Crippen LogP contribution in [0, 0.1) is 11.3 Å². The number of nitrogens with zero attached hydrogens (tertiary/aromatic N) is 7. The molecular formula is C25H21Cl2N7OS. The number of methoxy groups -OCH3 is 1. The maximum Gasteiger partial charge on any atom is 0.231 e. The van der Waals surface area contributed by atoms with Crippen molar-refractivity contribution in [2.75, 3.05) is 25.1 Å². The average Bonchev–Trinajstić information content (AvgIpc) is 3.29. The maximum atomic E-state index is 8.83. The molecule has 4 rings (SSSR count). The first-order valence-corrected chi connectivity index (χ1v) is 12.6. The van der Waals surface area contributed by atoms with Crippen LogP contribution in [0.3, 0.4) is 0 Å². The number of rotatable bonds is 9. The van der Waals surface area contributed by atoms with Crippen molar-refractivity contribution < 1.29 is 4.74 Å². The third kappa shape index (κ3) is 6.15. The highest BCUT2D eigenvalue weighted by Crippen LogP contribution is 2.37.